The molecule has 2 aliphatic heterocycles. The highest BCUT2D eigenvalue weighted by Gasteiger charge is 2.24. The van der Waals surface area contributed by atoms with E-state index in [4.69, 9.17) is 14.5 Å². The number of anilines is 4. The molecular weight excluding hydrogens is 412 g/mol. The molecule has 2 amide bonds. The molecule has 0 unspecified atom stereocenters. The molecule has 0 saturated carbocycles. The van der Waals surface area contributed by atoms with E-state index < -0.39 is 6.09 Å². The Morgan fingerprint density at radius 3 is 2.88 bits per heavy atom. The van der Waals surface area contributed by atoms with Gasteiger partial charge in [0.15, 0.2) is 11.4 Å². The number of nitrogens with zero attached hydrogens (tertiary/aromatic N) is 3. The summed E-state index contributed by atoms with van der Waals surface area (Å²) >= 11 is 0. The van der Waals surface area contributed by atoms with Gasteiger partial charge in [-0.25, -0.2) is 9.78 Å². The normalized spacial score (nSPS) is 16.5. The third-order valence-corrected chi connectivity index (χ3v) is 6.00. The fourth-order valence-corrected chi connectivity index (χ4v) is 4.29. The first-order chi connectivity index (χ1) is 15.5. The maximum absolute atomic E-state index is 11.6. The summed E-state index contributed by atoms with van der Waals surface area (Å²) in [6.07, 6.45) is 3.54. The summed E-state index contributed by atoms with van der Waals surface area (Å²) < 4.78 is 5.67. The highest BCUT2D eigenvalue weighted by molar-refractivity contribution is 5.94. The summed E-state index contributed by atoms with van der Waals surface area (Å²) in [6, 6.07) is 7.62. The van der Waals surface area contributed by atoms with E-state index in [0.29, 0.717) is 36.8 Å². The van der Waals surface area contributed by atoms with Crippen LogP contribution < -0.4 is 20.9 Å². The number of aryl methyl sites for hydroxylation is 1. The number of aromatic nitrogens is 2. The van der Waals surface area contributed by atoms with E-state index >= 15 is 0 Å². The lowest BCUT2D eigenvalue weighted by atomic mass is 9.97. The molecule has 5 rings (SSSR count). The van der Waals surface area contributed by atoms with Crippen molar-refractivity contribution in [1.29, 1.82) is 0 Å². The molecule has 32 heavy (non-hydrogen) atoms. The van der Waals surface area contributed by atoms with Gasteiger partial charge in [0, 0.05) is 43.5 Å². The summed E-state index contributed by atoms with van der Waals surface area (Å²) in [6.45, 7) is 1.99. The van der Waals surface area contributed by atoms with Gasteiger partial charge in [-0.05, 0) is 48.9 Å². The van der Waals surface area contributed by atoms with Gasteiger partial charge in [-0.1, -0.05) is 0 Å². The fraction of sp³-hybridized carbons (Fsp3) is 0.364. The van der Waals surface area contributed by atoms with Gasteiger partial charge >= 0.3 is 6.09 Å². The predicted molar refractivity (Wildman–Crippen MR) is 119 cm³/mol. The first kappa shape index (κ1) is 20.1. The summed E-state index contributed by atoms with van der Waals surface area (Å²) in [5.41, 5.74) is 4.14. The third-order valence-electron chi connectivity index (χ3n) is 6.00. The maximum atomic E-state index is 11.6. The van der Waals surface area contributed by atoms with E-state index in [1.807, 2.05) is 24.3 Å². The Kier molecular flexibility index (Phi) is 5.26. The minimum Gasteiger partial charge on any atom is -0.465 e. The van der Waals surface area contributed by atoms with Crippen LogP contribution in [-0.4, -0.2) is 46.7 Å². The second kappa shape index (κ2) is 8.37. The van der Waals surface area contributed by atoms with Crippen LogP contribution in [0.2, 0.25) is 0 Å². The molecule has 0 atom stereocenters. The van der Waals surface area contributed by atoms with E-state index in [1.54, 1.807) is 6.26 Å². The Labute approximate surface area is 184 Å². The molecule has 4 heterocycles. The lowest BCUT2D eigenvalue weighted by molar-refractivity contribution is -0.116. The zero-order valence-corrected chi connectivity index (χ0v) is 17.4. The Bertz CT molecular complexity index is 1170. The van der Waals surface area contributed by atoms with Crippen LogP contribution in [0.5, 0.6) is 0 Å². The van der Waals surface area contributed by atoms with Gasteiger partial charge in [0.1, 0.15) is 5.52 Å². The average molecular weight is 436 g/mol. The van der Waals surface area contributed by atoms with Gasteiger partial charge in [-0.3, -0.25) is 4.79 Å². The lowest BCUT2D eigenvalue weighted by Crippen LogP contribution is -2.38. The van der Waals surface area contributed by atoms with Crippen molar-refractivity contribution in [2.45, 2.75) is 25.7 Å². The van der Waals surface area contributed by atoms with Crippen LogP contribution in [0.3, 0.4) is 0 Å². The number of piperidine rings is 1. The Hall–Kier alpha value is -3.82. The van der Waals surface area contributed by atoms with Crippen LogP contribution in [0.25, 0.3) is 11.1 Å². The van der Waals surface area contributed by atoms with Crippen molar-refractivity contribution in [1.82, 2.24) is 15.3 Å². The van der Waals surface area contributed by atoms with Gasteiger partial charge in [0.25, 0.3) is 0 Å². The SMILES string of the molecule is O=C(O)NCC1CCN(c2nc(Nc3ccc4c(c3)CCC(=O)N4)nc3ccoc23)CC1. The molecule has 4 N–H and O–H groups in total. The Morgan fingerprint density at radius 1 is 1.22 bits per heavy atom. The van der Waals surface area contributed by atoms with Gasteiger partial charge in [0.2, 0.25) is 11.9 Å². The van der Waals surface area contributed by atoms with Crippen LogP contribution in [0.1, 0.15) is 24.8 Å². The highest BCUT2D eigenvalue weighted by atomic mass is 16.4. The maximum Gasteiger partial charge on any atom is 0.404 e. The zero-order chi connectivity index (χ0) is 22.1. The number of nitrogens with one attached hydrogen (secondary N) is 3. The summed E-state index contributed by atoms with van der Waals surface area (Å²) in [4.78, 5) is 33.8. The minimum atomic E-state index is -0.985. The first-order valence-corrected chi connectivity index (χ1v) is 10.7. The molecule has 0 aliphatic carbocycles. The number of benzene rings is 1. The smallest absolute Gasteiger partial charge is 0.404 e. The summed E-state index contributed by atoms with van der Waals surface area (Å²) in [5.74, 6) is 1.56. The molecule has 10 heteroatoms. The number of carboxylic acid groups (broad SMARTS) is 1. The molecule has 1 fully saturated rings. The van der Waals surface area contributed by atoms with Crippen LogP contribution in [-0.2, 0) is 11.2 Å². The molecular formula is C22H24N6O4. The number of hydrogen-bond acceptors (Lipinski definition) is 7. The van der Waals surface area contributed by atoms with Gasteiger partial charge in [-0.15, -0.1) is 0 Å². The van der Waals surface area contributed by atoms with Crippen molar-refractivity contribution in [3.63, 3.8) is 0 Å². The van der Waals surface area contributed by atoms with Crippen molar-refractivity contribution in [2.75, 3.05) is 35.2 Å². The van der Waals surface area contributed by atoms with Crippen molar-refractivity contribution >= 4 is 46.2 Å². The average Bonchev–Trinajstić information content (AvgIpc) is 3.26. The largest absolute Gasteiger partial charge is 0.465 e. The molecule has 1 aromatic carbocycles. The van der Waals surface area contributed by atoms with Gasteiger partial charge < -0.3 is 30.4 Å². The standard InChI is InChI=1S/C22H24N6O4/c29-18-4-1-14-11-15(2-3-16(14)25-18)24-21-26-17-7-10-32-19(17)20(27-21)28-8-5-13(6-9-28)12-23-22(30)31/h2-3,7,10-11,13,23H,1,4-6,8-9,12H2,(H,25,29)(H,30,31)(H,24,26,27). The molecule has 3 aromatic rings. The molecule has 2 aromatic heterocycles. The van der Waals surface area contributed by atoms with E-state index in [-0.39, 0.29) is 5.91 Å². The minimum absolute atomic E-state index is 0.0408. The van der Waals surface area contributed by atoms with Crippen LogP contribution in [0.15, 0.2) is 34.9 Å². The predicted octanol–water partition coefficient (Wildman–Crippen LogP) is 3.34. The number of fused-ring (bicyclic) bond motifs is 2. The number of amides is 2. The van der Waals surface area contributed by atoms with E-state index in [0.717, 1.165) is 54.2 Å². The summed E-state index contributed by atoms with van der Waals surface area (Å²) in [7, 11) is 0. The topological polar surface area (TPSA) is 133 Å². The number of carbonyl (C=O) groups is 2. The van der Waals surface area contributed by atoms with Crippen molar-refractivity contribution in [2.24, 2.45) is 5.92 Å². The Morgan fingerprint density at radius 2 is 2.06 bits per heavy atom. The van der Waals surface area contributed by atoms with E-state index in [9.17, 15) is 9.59 Å². The number of furan rings is 1. The van der Waals surface area contributed by atoms with Crippen LogP contribution in [0.4, 0.5) is 27.9 Å². The Balaban J connectivity index is 1.35. The van der Waals surface area contributed by atoms with E-state index in [2.05, 4.69) is 25.8 Å². The van der Waals surface area contributed by atoms with Crippen LogP contribution >= 0.6 is 0 Å². The molecule has 0 bridgehead atoms. The quantitative estimate of drug-likeness (QED) is 0.479. The second-order valence-electron chi connectivity index (χ2n) is 8.17. The fourth-order valence-electron chi connectivity index (χ4n) is 4.29. The third kappa shape index (κ3) is 4.16. The highest BCUT2D eigenvalue weighted by Crippen LogP contribution is 2.31. The lowest BCUT2D eigenvalue weighted by Gasteiger charge is -2.32. The van der Waals surface area contributed by atoms with Crippen molar-refractivity contribution < 1.29 is 19.1 Å². The molecule has 1 saturated heterocycles. The van der Waals surface area contributed by atoms with E-state index in [1.165, 1.54) is 0 Å². The summed E-state index contributed by atoms with van der Waals surface area (Å²) in [5, 5.41) is 17.5. The molecule has 0 radical (unpaired) electrons. The number of hydrogen-bond donors (Lipinski definition) is 4. The monoisotopic (exact) mass is 436 g/mol. The number of rotatable bonds is 5. The second-order valence-corrected chi connectivity index (χ2v) is 8.17. The first-order valence-electron chi connectivity index (χ1n) is 10.7. The molecule has 0 spiro atoms. The molecule has 10 nitrogen and oxygen atoms in total. The molecule has 166 valence electrons. The zero-order valence-electron chi connectivity index (χ0n) is 17.4. The number of carbonyl (C=O) groups excluding carboxylic acids is 1. The van der Waals surface area contributed by atoms with Gasteiger partial charge in [-0.2, -0.15) is 4.98 Å². The van der Waals surface area contributed by atoms with Crippen LogP contribution in [0, 0.1) is 5.92 Å². The van der Waals surface area contributed by atoms with Crippen molar-refractivity contribution in [3.8, 4) is 0 Å². The van der Waals surface area contributed by atoms with Gasteiger partial charge in [0.05, 0.1) is 6.26 Å². The van der Waals surface area contributed by atoms with Crippen molar-refractivity contribution in [3.05, 3.63) is 36.1 Å². The molecule has 2 aliphatic rings.